The van der Waals surface area contributed by atoms with Crippen LogP contribution in [0.2, 0.25) is 0 Å². The number of phenolic OH excluding ortho intramolecular Hbond substituents is 1. The lowest BCUT2D eigenvalue weighted by Crippen LogP contribution is -2.29. The molecule has 138 valence electrons. The Morgan fingerprint density at radius 1 is 1.35 bits per heavy atom. The molecule has 2 aromatic rings. The molecule has 0 bridgehead atoms. The predicted molar refractivity (Wildman–Crippen MR) is 100 cm³/mol. The van der Waals surface area contributed by atoms with Crippen molar-refractivity contribution >= 4 is 5.69 Å². The van der Waals surface area contributed by atoms with Gasteiger partial charge in [0, 0.05) is 36.5 Å². The largest absolute Gasteiger partial charge is 0.504 e. The maximum absolute atomic E-state index is 12.7. The van der Waals surface area contributed by atoms with Crippen LogP contribution in [-0.4, -0.2) is 36.0 Å². The second-order valence-electron chi connectivity index (χ2n) is 7.09. The van der Waals surface area contributed by atoms with Crippen LogP contribution in [0.15, 0.2) is 29.1 Å². The summed E-state index contributed by atoms with van der Waals surface area (Å²) in [6.07, 6.45) is 3.04. The van der Waals surface area contributed by atoms with E-state index in [9.17, 15) is 9.90 Å². The maximum atomic E-state index is 12.7. The number of nitrogens with zero attached hydrogens (tertiary/aromatic N) is 1. The Hall–Kier alpha value is -2.47. The molecule has 3 heterocycles. The van der Waals surface area contributed by atoms with E-state index in [0.29, 0.717) is 18.7 Å². The second-order valence-corrected chi connectivity index (χ2v) is 7.09. The summed E-state index contributed by atoms with van der Waals surface area (Å²) in [7, 11) is 1.53. The number of ether oxygens (including phenoxy) is 2. The first-order valence-electron chi connectivity index (χ1n) is 9.09. The number of nitrogens with one attached hydrogen (secondary N) is 1. The standard InChI is InChI=1S/C20H24N2O4/c1-12-6-13-7-18(23)19(25-2)10-16(13)17-8-14(9-20(24)22(12)17)21-11-15-4-3-5-26-15/h7-10,12,15,21,23H,3-6,11H2,1-2H3. The summed E-state index contributed by atoms with van der Waals surface area (Å²) in [4.78, 5) is 12.7. The van der Waals surface area contributed by atoms with Gasteiger partial charge < -0.3 is 24.5 Å². The van der Waals surface area contributed by atoms with Crippen LogP contribution in [0.5, 0.6) is 11.5 Å². The Kier molecular flexibility index (Phi) is 4.36. The van der Waals surface area contributed by atoms with Crippen molar-refractivity contribution in [2.45, 2.75) is 38.3 Å². The smallest absolute Gasteiger partial charge is 0.253 e. The molecule has 1 fully saturated rings. The number of benzene rings is 1. The van der Waals surface area contributed by atoms with Crippen LogP contribution in [0.3, 0.4) is 0 Å². The van der Waals surface area contributed by atoms with E-state index in [4.69, 9.17) is 9.47 Å². The van der Waals surface area contributed by atoms with E-state index in [-0.39, 0.29) is 23.5 Å². The molecule has 0 spiro atoms. The van der Waals surface area contributed by atoms with Crippen molar-refractivity contribution in [3.63, 3.8) is 0 Å². The fourth-order valence-corrected chi connectivity index (χ4v) is 3.97. The number of aromatic hydroxyl groups is 1. The Bertz CT molecular complexity index is 884. The van der Waals surface area contributed by atoms with Gasteiger partial charge in [-0.1, -0.05) is 0 Å². The molecule has 6 nitrogen and oxygen atoms in total. The number of methoxy groups -OCH3 is 1. The summed E-state index contributed by atoms with van der Waals surface area (Å²) in [5.74, 6) is 0.539. The monoisotopic (exact) mass is 356 g/mol. The molecule has 1 saturated heterocycles. The molecular formula is C20H24N2O4. The Morgan fingerprint density at radius 2 is 2.19 bits per heavy atom. The quantitative estimate of drug-likeness (QED) is 0.881. The minimum Gasteiger partial charge on any atom is -0.504 e. The molecule has 0 aliphatic carbocycles. The fraction of sp³-hybridized carbons (Fsp3) is 0.450. The first kappa shape index (κ1) is 17.0. The van der Waals surface area contributed by atoms with Crippen LogP contribution in [0.25, 0.3) is 11.3 Å². The summed E-state index contributed by atoms with van der Waals surface area (Å²) >= 11 is 0. The Balaban J connectivity index is 1.74. The SMILES string of the molecule is COc1cc2c(cc1O)CC(C)n1c-2cc(NCC2CCCO2)cc1=O. The third-order valence-corrected chi connectivity index (χ3v) is 5.26. The minimum atomic E-state index is -0.0254. The van der Waals surface area contributed by atoms with Crippen molar-refractivity contribution in [2.75, 3.05) is 25.6 Å². The summed E-state index contributed by atoms with van der Waals surface area (Å²) in [5.41, 5.74) is 3.56. The van der Waals surface area contributed by atoms with Crippen molar-refractivity contribution in [2.24, 2.45) is 0 Å². The first-order valence-corrected chi connectivity index (χ1v) is 9.09. The van der Waals surface area contributed by atoms with E-state index < -0.39 is 0 Å². The zero-order valence-electron chi connectivity index (χ0n) is 15.1. The molecule has 2 N–H and O–H groups in total. The topological polar surface area (TPSA) is 72.7 Å². The highest BCUT2D eigenvalue weighted by atomic mass is 16.5. The van der Waals surface area contributed by atoms with E-state index >= 15 is 0 Å². The van der Waals surface area contributed by atoms with Crippen LogP contribution < -0.4 is 15.6 Å². The zero-order valence-corrected chi connectivity index (χ0v) is 15.1. The van der Waals surface area contributed by atoms with E-state index in [0.717, 1.165) is 42.0 Å². The number of rotatable bonds is 4. The second kappa shape index (κ2) is 6.68. The summed E-state index contributed by atoms with van der Waals surface area (Å²) in [6, 6.07) is 7.24. The van der Waals surface area contributed by atoms with Gasteiger partial charge in [-0.25, -0.2) is 0 Å². The lowest BCUT2D eigenvalue weighted by Gasteiger charge is -2.28. The normalized spacial score (nSPS) is 21.2. The number of aromatic nitrogens is 1. The van der Waals surface area contributed by atoms with Crippen molar-refractivity contribution in [1.29, 1.82) is 0 Å². The highest BCUT2D eigenvalue weighted by Crippen LogP contribution is 2.40. The third kappa shape index (κ3) is 2.94. The Labute approximate surface area is 152 Å². The molecule has 0 saturated carbocycles. The van der Waals surface area contributed by atoms with Gasteiger partial charge in [-0.15, -0.1) is 0 Å². The molecule has 2 aliphatic rings. The molecule has 0 radical (unpaired) electrons. The molecule has 4 rings (SSSR count). The molecule has 0 amide bonds. The minimum absolute atomic E-state index is 0.0254. The highest BCUT2D eigenvalue weighted by Gasteiger charge is 2.25. The number of phenols is 1. The molecule has 1 aromatic heterocycles. The molecule has 1 aromatic carbocycles. The van der Waals surface area contributed by atoms with Crippen molar-refractivity contribution < 1.29 is 14.6 Å². The average Bonchev–Trinajstić information content (AvgIpc) is 3.12. The van der Waals surface area contributed by atoms with Gasteiger partial charge in [0.1, 0.15) is 0 Å². The number of anilines is 1. The van der Waals surface area contributed by atoms with Gasteiger partial charge >= 0.3 is 0 Å². The number of pyridine rings is 1. The Morgan fingerprint density at radius 3 is 2.92 bits per heavy atom. The van der Waals surface area contributed by atoms with Gasteiger partial charge in [0.05, 0.1) is 18.9 Å². The number of fused-ring (bicyclic) bond motifs is 3. The van der Waals surface area contributed by atoms with Crippen LogP contribution in [-0.2, 0) is 11.2 Å². The van der Waals surface area contributed by atoms with Gasteiger partial charge in [0.15, 0.2) is 11.5 Å². The van der Waals surface area contributed by atoms with Crippen LogP contribution in [0.1, 0.15) is 31.4 Å². The van der Waals surface area contributed by atoms with Gasteiger partial charge in [0.25, 0.3) is 5.56 Å². The predicted octanol–water partition coefficient (Wildman–Crippen LogP) is 2.94. The summed E-state index contributed by atoms with van der Waals surface area (Å²) in [6.45, 7) is 3.53. The number of hydrogen-bond donors (Lipinski definition) is 2. The van der Waals surface area contributed by atoms with Crippen molar-refractivity contribution in [3.05, 3.63) is 40.2 Å². The average molecular weight is 356 g/mol. The van der Waals surface area contributed by atoms with Crippen molar-refractivity contribution in [1.82, 2.24) is 4.57 Å². The van der Waals surface area contributed by atoms with Crippen LogP contribution >= 0.6 is 0 Å². The molecule has 2 atom stereocenters. The lowest BCUT2D eigenvalue weighted by molar-refractivity contribution is 0.120. The van der Waals surface area contributed by atoms with Gasteiger partial charge in [0.2, 0.25) is 0 Å². The van der Waals surface area contributed by atoms with Gasteiger partial charge in [-0.2, -0.15) is 0 Å². The summed E-state index contributed by atoms with van der Waals surface area (Å²) in [5, 5.41) is 13.4. The number of hydrogen-bond acceptors (Lipinski definition) is 5. The molecule has 2 unspecified atom stereocenters. The van der Waals surface area contributed by atoms with E-state index in [1.807, 2.05) is 23.6 Å². The van der Waals surface area contributed by atoms with E-state index in [1.54, 1.807) is 12.1 Å². The van der Waals surface area contributed by atoms with Gasteiger partial charge in [-0.05, 0) is 49.9 Å². The highest BCUT2D eigenvalue weighted by molar-refractivity contribution is 5.73. The zero-order chi connectivity index (χ0) is 18.3. The van der Waals surface area contributed by atoms with Crippen molar-refractivity contribution in [3.8, 4) is 22.8 Å². The van der Waals surface area contributed by atoms with Crippen LogP contribution in [0.4, 0.5) is 5.69 Å². The molecule has 6 heteroatoms. The fourth-order valence-electron chi connectivity index (χ4n) is 3.97. The first-order chi connectivity index (χ1) is 12.6. The van der Waals surface area contributed by atoms with E-state index in [2.05, 4.69) is 5.32 Å². The van der Waals surface area contributed by atoms with Crippen LogP contribution in [0, 0.1) is 0 Å². The molecular weight excluding hydrogens is 332 g/mol. The molecule has 26 heavy (non-hydrogen) atoms. The maximum Gasteiger partial charge on any atom is 0.253 e. The van der Waals surface area contributed by atoms with Gasteiger partial charge in [-0.3, -0.25) is 4.79 Å². The third-order valence-electron chi connectivity index (χ3n) is 5.26. The summed E-state index contributed by atoms with van der Waals surface area (Å²) < 4.78 is 12.7. The lowest BCUT2D eigenvalue weighted by atomic mass is 9.92. The molecule has 2 aliphatic heterocycles. The van der Waals surface area contributed by atoms with E-state index in [1.165, 1.54) is 7.11 Å².